The van der Waals surface area contributed by atoms with Gasteiger partial charge < -0.3 is 9.47 Å². The van der Waals surface area contributed by atoms with E-state index in [0.29, 0.717) is 36.6 Å². The molecule has 5 nitrogen and oxygen atoms in total. The predicted octanol–water partition coefficient (Wildman–Crippen LogP) is 7.46. The molecule has 0 aromatic rings. The Morgan fingerprint density at radius 3 is 2.23 bits per heavy atom. The van der Waals surface area contributed by atoms with E-state index in [0.717, 1.165) is 51.4 Å². The van der Waals surface area contributed by atoms with Crippen molar-refractivity contribution < 1.29 is 23.9 Å². The molecule has 0 radical (unpaired) electrons. The van der Waals surface area contributed by atoms with Crippen molar-refractivity contribution in [2.45, 2.75) is 126 Å². The Balaban J connectivity index is 1.54. The van der Waals surface area contributed by atoms with E-state index < -0.39 is 5.41 Å². The minimum absolute atomic E-state index is 0.0616. The molecule has 0 N–H and O–H groups in total. The highest BCUT2D eigenvalue weighted by atomic mass is 16.6. The van der Waals surface area contributed by atoms with E-state index >= 15 is 0 Å². The third kappa shape index (κ3) is 4.02. The molecule has 5 aliphatic rings. The number of rotatable bonds is 3. The van der Waals surface area contributed by atoms with Crippen LogP contribution in [-0.4, -0.2) is 30.4 Å². The van der Waals surface area contributed by atoms with Gasteiger partial charge in [-0.2, -0.15) is 0 Å². The Labute approximate surface area is 236 Å². The Morgan fingerprint density at radius 2 is 1.59 bits per heavy atom. The maximum atomic E-state index is 13.1. The molecule has 4 saturated carbocycles. The summed E-state index contributed by atoms with van der Waals surface area (Å²) in [5.74, 6) is 1.20. The predicted molar refractivity (Wildman–Crippen MR) is 152 cm³/mol. The van der Waals surface area contributed by atoms with Crippen molar-refractivity contribution in [3.8, 4) is 0 Å². The van der Waals surface area contributed by atoms with E-state index in [1.165, 1.54) is 13.8 Å². The minimum atomic E-state index is -0.407. The topological polar surface area (TPSA) is 69.7 Å². The van der Waals surface area contributed by atoms with Gasteiger partial charge in [0.05, 0.1) is 0 Å². The first-order valence-corrected chi connectivity index (χ1v) is 15.5. The van der Waals surface area contributed by atoms with Crippen molar-refractivity contribution in [2.75, 3.05) is 6.61 Å². The molecule has 39 heavy (non-hydrogen) atoms. The lowest BCUT2D eigenvalue weighted by Crippen LogP contribution is -2.66. The molecule has 5 aliphatic carbocycles. The fraction of sp³-hybridized carbons (Fsp3) is 0.853. The Bertz CT molecular complexity index is 1100. The highest BCUT2D eigenvalue weighted by Gasteiger charge is 2.69. The number of hydrogen-bond donors (Lipinski definition) is 0. The molecule has 4 fully saturated rings. The number of esters is 2. The van der Waals surface area contributed by atoms with Crippen LogP contribution in [0, 0.1) is 50.2 Å². The third-order valence-corrected chi connectivity index (χ3v) is 13.6. The average molecular weight is 541 g/mol. The van der Waals surface area contributed by atoms with Crippen LogP contribution in [0.25, 0.3) is 0 Å². The molecule has 5 rings (SSSR count). The molecule has 0 heterocycles. The van der Waals surface area contributed by atoms with Crippen LogP contribution in [-0.2, 0) is 23.9 Å². The summed E-state index contributed by atoms with van der Waals surface area (Å²) in [7, 11) is 0. The van der Waals surface area contributed by atoms with E-state index in [-0.39, 0.29) is 45.1 Å². The summed E-state index contributed by atoms with van der Waals surface area (Å²) in [6, 6.07) is 0. The Hall–Kier alpha value is -1.65. The lowest BCUT2D eigenvalue weighted by atomic mass is 9.33. The number of hydrogen-bond acceptors (Lipinski definition) is 5. The molecule has 0 spiro atoms. The van der Waals surface area contributed by atoms with Crippen LogP contribution >= 0.6 is 0 Å². The van der Waals surface area contributed by atoms with Crippen LogP contribution in [0.4, 0.5) is 0 Å². The summed E-state index contributed by atoms with van der Waals surface area (Å²) in [6.45, 7) is 19.8. The van der Waals surface area contributed by atoms with Gasteiger partial charge in [-0.1, -0.05) is 60.1 Å². The Kier molecular flexibility index (Phi) is 6.60. The fourth-order valence-corrected chi connectivity index (χ4v) is 11.0. The van der Waals surface area contributed by atoms with Gasteiger partial charge >= 0.3 is 11.9 Å². The quantitative estimate of drug-likeness (QED) is 0.274. The van der Waals surface area contributed by atoms with Gasteiger partial charge in [-0.05, 0) is 90.8 Å². The van der Waals surface area contributed by atoms with E-state index in [1.807, 2.05) is 0 Å². The second-order valence-corrected chi connectivity index (χ2v) is 16.1. The van der Waals surface area contributed by atoms with Crippen molar-refractivity contribution in [3.05, 3.63) is 11.6 Å². The maximum Gasteiger partial charge on any atom is 0.302 e. The normalized spacial score (nSPS) is 48.4. The summed E-state index contributed by atoms with van der Waals surface area (Å²) in [5, 5.41) is 0. The number of Topliss-reactive ketones (excluding diaryl/α,β-unsaturated/α-hetero) is 1. The van der Waals surface area contributed by atoms with Crippen LogP contribution in [0.15, 0.2) is 11.6 Å². The summed E-state index contributed by atoms with van der Waals surface area (Å²) in [4.78, 5) is 37.1. The van der Waals surface area contributed by atoms with E-state index in [4.69, 9.17) is 9.47 Å². The molecule has 9 atom stereocenters. The second kappa shape index (κ2) is 8.92. The molecule has 5 heteroatoms. The zero-order valence-corrected chi connectivity index (χ0v) is 26.0. The average Bonchev–Trinajstić information content (AvgIpc) is 2.82. The first kappa shape index (κ1) is 28.9. The molecule has 0 unspecified atom stereocenters. The molecular formula is C34H52O5. The molecule has 0 bridgehead atoms. The monoisotopic (exact) mass is 540 g/mol. The minimum Gasteiger partial charge on any atom is -0.465 e. The highest BCUT2D eigenvalue weighted by molar-refractivity contribution is 5.86. The van der Waals surface area contributed by atoms with Gasteiger partial charge in [-0.25, -0.2) is 0 Å². The van der Waals surface area contributed by atoms with Gasteiger partial charge in [-0.3, -0.25) is 14.4 Å². The lowest BCUT2D eigenvalue weighted by molar-refractivity contribution is -0.225. The number of allylic oxidation sites excluding steroid dienone is 2. The zero-order valence-electron chi connectivity index (χ0n) is 26.0. The first-order chi connectivity index (χ1) is 17.9. The fourth-order valence-electron chi connectivity index (χ4n) is 11.0. The van der Waals surface area contributed by atoms with Crippen molar-refractivity contribution in [2.24, 2.45) is 50.2 Å². The summed E-state index contributed by atoms with van der Waals surface area (Å²) < 4.78 is 11.6. The SMILES string of the molecule is CC(=O)OC[C@]1(C)[C@@H]2CC[C@]3(C)[C@H](CC=C4[C@@H]5CC(C)(C)C(=O)C[C@]5(C)CC[C@]43C)[C@@]2(C)CC[C@H]1OC(C)=O. The smallest absolute Gasteiger partial charge is 0.302 e. The maximum absolute atomic E-state index is 13.1. The summed E-state index contributed by atoms with van der Waals surface area (Å²) >= 11 is 0. The Morgan fingerprint density at radius 1 is 0.897 bits per heavy atom. The molecule has 0 aromatic carbocycles. The number of ketones is 1. The van der Waals surface area contributed by atoms with Crippen LogP contribution < -0.4 is 0 Å². The number of ether oxygens (including phenoxy) is 2. The van der Waals surface area contributed by atoms with Crippen LogP contribution in [0.2, 0.25) is 0 Å². The van der Waals surface area contributed by atoms with Gasteiger partial charge in [0.15, 0.2) is 0 Å². The van der Waals surface area contributed by atoms with Gasteiger partial charge in [0.25, 0.3) is 0 Å². The molecule has 218 valence electrons. The van der Waals surface area contributed by atoms with Crippen molar-refractivity contribution in [1.82, 2.24) is 0 Å². The van der Waals surface area contributed by atoms with Crippen LogP contribution in [0.1, 0.15) is 120 Å². The number of fused-ring (bicyclic) bond motifs is 7. The van der Waals surface area contributed by atoms with E-state index in [9.17, 15) is 14.4 Å². The largest absolute Gasteiger partial charge is 0.465 e. The molecule has 0 aliphatic heterocycles. The van der Waals surface area contributed by atoms with E-state index in [1.54, 1.807) is 5.57 Å². The zero-order chi connectivity index (χ0) is 28.8. The van der Waals surface area contributed by atoms with Crippen LogP contribution in [0.3, 0.4) is 0 Å². The summed E-state index contributed by atoms with van der Waals surface area (Å²) in [5.41, 5.74) is 1.40. The number of carbonyl (C=O) groups excluding carboxylic acids is 3. The lowest BCUT2D eigenvalue weighted by Gasteiger charge is -2.71. The van der Waals surface area contributed by atoms with Crippen molar-refractivity contribution in [1.29, 1.82) is 0 Å². The van der Waals surface area contributed by atoms with Gasteiger partial charge in [0.1, 0.15) is 18.5 Å². The molecule has 0 saturated heterocycles. The van der Waals surface area contributed by atoms with Gasteiger partial charge in [-0.15, -0.1) is 0 Å². The highest BCUT2D eigenvalue weighted by Crippen LogP contribution is 2.75. The van der Waals surface area contributed by atoms with Crippen molar-refractivity contribution in [3.63, 3.8) is 0 Å². The summed E-state index contributed by atoms with van der Waals surface area (Å²) in [6.07, 6.45) is 11.4. The van der Waals surface area contributed by atoms with E-state index in [2.05, 4.69) is 54.5 Å². The van der Waals surface area contributed by atoms with Gasteiger partial charge in [0, 0.05) is 31.1 Å². The van der Waals surface area contributed by atoms with Crippen molar-refractivity contribution >= 4 is 17.7 Å². The van der Waals surface area contributed by atoms with Gasteiger partial charge in [0.2, 0.25) is 0 Å². The van der Waals surface area contributed by atoms with Crippen LogP contribution in [0.5, 0.6) is 0 Å². The molecule has 0 aromatic heterocycles. The molecule has 0 amide bonds. The standard InChI is InChI=1S/C34H52O5/c1-21(35)38-20-32(7)25-12-15-34(9)26(31(25,6)14-13-28(32)39-22(2)36)11-10-23-24-18-29(3,4)27(37)19-30(24,5)16-17-33(23,34)8/h10,24-26,28H,11-20H2,1-9H3/t24-,25+,26+,28+,30-,31-,32+,33+,34+/m0/s1. The first-order valence-electron chi connectivity index (χ1n) is 15.5. The third-order valence-electron chi connectivity index (χ3n) is 13.6. The molecular weight excluding hydrogens is 488 g/mol. The number of carbonyl (C=O) groups is 3. The second-order valence-electron chi connectivity index (χ2n) is 16.1.